The van der Waals surface area contributed by atoms with Gasteiger partial charge < -0.3 is 5.32 Å². The van der Waals surface area contributed by atoms with Gasteiger partial charge in [0.25, 0.3) is 5.56 Å². The number of hydrogen-bond donors (Lipinski definition) is 3. The van der Waals surface area contributed by atoms with Gasteiger partial charge in [-0.05, 0) is 44.7 Å². The number of carbonyl (C=O) groups excluding carboxylic acids is 2. The zero-order chi connectivity index (χ0) is 23.1. The highest BCUT2D eigenvalue weighted by Gasteiger charge is 2.33. The number of thioether (sulfide) groups is 1. The second-order valence-corrected chi connectivity index (χ2v) is 9.62. The van der Waals surface area contributed by atoms with Crippen LogP contribution < -0.4 is 21.9 Å². The van der Waals surface area contributed by atoms with Gasteiger partial charge >= 0.3 is 11.7 Å². The molecule has 3 N–H and O–H groups in total. The number of hydrogen-bond acceptors (Lipinski definition) is 7. The molecule has 0 aliphatic heterocycles. The fraction of sp³-hybridized carbons (Fsp3) is 0.364. The number of anilines is 1. The summed E-state index contributed by atoms with van der Waals surface area (Å²) in [6.45, 7) is 1.63. The van der Waals surface area contributed by atoms with Crippen LogP contribution in [0.5, 0.6) is 0 Å². The summed E-state index contributed by atoms with van der Waals surface area (Å²) in [5.74, 6) is 0.246. The van der Waals surface area contributed by atoms with Crippen molar-refractivity contribution >= 4 is 40.4 Å². The first-order chi connectivity index (χ1) is 15.9. The highest BCUT2D eigenvalue weighted by molar-refractivity contribution is 8.00. The number of rotatable bonds is 6. The summed E-state index contributed by atoms with van der Waals surface area (Å²) in [4.78, 5) is 61.6. The van der Waals surface area contributed by atoms with Crippen molar-refractivity contribution in [2.24, 2.45) is 0 Å². The Kier molecular flexibility index (Phi) is 5.49. The SMILES string of the molecule is CC(Sc1nc(C2CC2)nc2c1c(=O)[nH]c(=O)n2C1CC1)C(=O)NC(=O)Nc1ccccc1. The van der Waals surface area contributed by atoms with Crippen molar-refractivity contribution in [2.75, 3.05) is 5.32 Å². The molecule has 0 radical (unpaired) electrons. The normalized spacial score (nSPS) is 16.4. The van der Waals surface area contributed by atoms with Crippen LogP contribution in [0.15, 0.2) is 44.9 Å². The van der Waals surface area contributed by atoms with Gasteiger partial charge in [-0.15, -0.1) is 0 Å². The van der Waals surface area contributed by atoms with E-state index >= 15 is 0 Å². The molecule has 1 unspecified atom stereocenters. The Morgan fingerprint density at radius 2 is 1.85 bits per heavy atom. The molecule has 2 heterocycles. The third kappa shape index (κ3) is 4.54. The number of benzene rings is 1. The predicted octanol–water partition coefficient (Wildman–Crippen LogP) is 2.52. The minimum Gasteiger partial charge on any atom is -0.308 e. The number of amides is 3. The highest BCUT2D eigenvalue weighted by atomic mass is 32.2. The van der Waals surface area contributed by atoms with E-state index < -0.39 is 28.4 Å². The number of aromatic nitrogens is 4. The van der Waals surface area contributed by atoms with E-state index in [1.54, 1.807) is 31.2 Å². The molecule has 2 fully saturated rings. The predicted molar refractivity (Wildman–Crippen MR) is 124 cm³/mol. The van der Waals surface area contributed by atoms with Crippen molar-refractivity contribution in [3.63, 3.8) is 0 Å². The molecular weight excluding hydrogens is 444 g/mol. The largest absolute Gasteiger partial charge is 0.330 e. The Morgan fingerprint density at radius 3 is 2.52 bits per heavy atom. The first kappa shape index (κ1) is 21.4. The molecule has 2 saturated carbocycles. The molecule has 10 nitrogen and oxygen atoms in total. The van der Waals surface area contributed by atoms with Crippen LogP contribution in [0, 0.1) is 0 Å². The first-order valence-corrected chi connectivity index (χ1v) is 11.7. The molecule has 1 aromatic carbocycles. The van der Waals surface area contributed by atoms with E-state index in [4.69, 9.17) is 0 Å². The van der Waals surface area contributed by atoms with E-state index in [9.17, 15) is 19.2 Å². The van der Waals surface area contributed by atoms with Crippen molar-refractivity contribution in [1.29, 1.82) is 0 Å². The van der Waals surface area contributed by atoms with E-state index in [1.807, 2.05) is 6.07 Å². The molecule has 2 aromatic heterocycles. The molecule has 0 saturated heterocycles. The van der Waals surface area contributed by atoms with Crippen LogP contribution in [0.2, 0.25) is 0 Å². The molecule has 3 aromatic rings. The smallest absolute Gasteiger partial charge is 0.308 e. The molecular formula is C22H22N6O4S. The van der Waals surface area contributed by atoms with Gasteiger partial charge in [0.05, 0.1) is 5.25 Å². The average Bonchev–Trinajstić information content (AvgIpc) is 3.67. The zero-order valence-corrected chi connectivity index (χ0v) is 18.6. The van der Waals surface area contributed by atoms with E-state index in [2.05, 4.69) is 25.6 Å². The maximum absolute atomic E-state index is 12.7. The van der Waals surface area contributed by atoms with Gasteiger partial charge in [-0.25, -0.2) is 19.6 Å². The molecule has 33 heavy (non-hydrogen) atoms. The van der Waals surface area contributed by atoms with Gasteiger partial charge in [0.15, 0.2) is 5.65 Å². The maximum Gasteiger partial charge on any atom is 0.330 e. The number of urea groups is 1. The van der Waals surface area contributed by atoms with Crippen molar-refractivity contribution in [3.05, 3.63) is 57.0 Å². The molecule has 0 bridgehead atoms. The van der Waals surface area contributed by atoms with Crippen LogP contribution in [0.3, 0.4) is 0 Å². The number of carbonyl (C=O) groups is 2. The van der Waals surface area contributed by atoms with Crippen LogP contribution in [0.25, 0.3) is 11.0 Å². The van der Waals surface area contributed by atoms with Crippen LogP contribution in [-0.4, -0.2) is 36.7 Å². The summed E-state index contributed by atoms with van der Waals surface area (Å²) in [5, 5.41) is 4.72. The van der Waals surface area contributed by atoms with Crippen LogP contribution in [0.1, 0.15) is 50.4 Å². The molecule has 2 aliphatic rings. The quantitative estimate of drug-likeness (QED) is 0.375. The summed E-state index contributed by atoms with van der Waals surface area (Å²) in [5.41, 5.74) is -0.176. The standard InChI is InChI=1S/C22H22N6O4S/c1-11(18(29)26-21(31)23-13-5-3-2-4-6-13)33-20-15-17(24-16(25-20)12-7-8-12)28(14-9-10-14)22(32)27-19(15)30/h2-6,11-12,14H,7-10H2,1H3,(H,27,30,32)(H2,23,26,29,31). The lowest BCUT2D eigenvalue weighted by molar-refractivity contribution is -0.119. The van der Waals surface area contributed by atoms with Crippen molar-refractivity contribution in [1.82, 2.24) is 24.8 Å². The lowest BCUT2D eigenvalue weighted by atomic mass is 10.3. The van der Waals surface area contributed by atoms with E-state index in [-0.39, 0.29) is 17.3 Å². The van der Waals surface area contributed by atoms with Crippen LogP contribution in [0.4, 0.5) is 10.5 Å². The maximum atomic E-state index is 12.7. The molecule has 2 aliphatic carbocycles. The number of nitrogens with one attached hydrogen (secondary N) is 3. The number of nitrogens with zero attached hydrogens (tertiary/aromatic N) is 3. The lowest BCUT2D eigenvalue weighted by Gasteiger charge is -2.15. The Hall–Kier alpha value is -3.47. The van der Waals surface area contributed by atoms with Crippen molar-refractivity contribution < 1.29 is 9.59 Å². The zero-order valence-electron chi connectivity index (χ0n) is 17.8. The second kappa shape index (κ2) is 8.47. The van der Waals surface area contributed by atoms with E-state index in [1.165, 1.54) is 4.57 Å². The van der Waals surface area contributed by atoms with Crippen LogP contribution in [-0.2, 0) is 4.79 Å². The summed E-state index contributed by atoms with van der Waals surface area (Å²) >= 11 is 1.07. The van der Waals surface area contributed by atoms with Gasteiger partial charge in [-0.1, -0.05) is 30.0 Å². The first-order valence-electron chi connectivity index (χ1n) is 10.8. The lowest BCUT2D eigenvalue weighted by Crippen LogP contribution is -2.39. The summed E-state index contributed by atoms with van der Waals surface area (Å²) in [6, 6.07) is 8.14. The average molecular weight is 467 g/mol. The van der Waals surface area contributed by atoms with Crippen molar-refractivity contribution in [2.45, 2.75) is 54.8 Å². The second-order valence-electron chi connectivity index (χ2n) is 8.29. The van der Waals surface area contributed by atoms with Crippen molar-refractivity contribution in [3.8, 4) is 0 Å². The summed E-state index contributed by atoms with van der Waals surface area (Å²) < 4.78 is 1.53. The Balaban J connectivity index is 1.42. The summed E-state index contributed by atoms with van der Waals surface area (Å²) in [7, 11) is 0. The molecule has 5 rings (SSSR count). The molecule has 11 heteroatoms. The molecule has 1 atom stereocenters. The fourth-order valence-corrected chi connectivity index (χ4v) is 4.48. The highest BCUT2D eigenvalue weighted by Crippen LogP contribution is 2.41. The van der Waals surface area contributed by atoms with Crippen LogP contribution >= 0.6 is 11.8 Å². The molecule has 170 valence electrons. The molecule has 0 spiro atoms. The fourth-order valence-electron chi connectivity index (χ4n) is 3.53. The number of fused-ring (bicyclic) bond motifs is 1. The minimum atomic E-state index is -0.725. The third-order valence-electron chi connectivity index (χ3n) is 5.55. The topological polar surface area (TPSA) is 139 Å². The Morgan fingerprint density at radius 1 is 1.12 bits per heavy atom. The number of aromatic amines is 1. The van der Waals surface area contributed by atoms with Gasteiger partial charge in [0, 0.05) is 17.6 Å². The third-order valence-corrected chi connectivity index (χ3v) is 6.64. The summed E-state index contributed by atoms with van der Waals surface area (Å²) in [6.07, 6.45) is 3.59. The van der Waals surface area contributed by atoms with Gasteiger partial charge in [0.2, 0.25) is 5.91 Å². The van der Waals surface area contributed by atoms with Gasteiger partial charge in [0.1, 0.15) is 16.2 Å². The minimum absolute atomic E-state index is 0.0130. The monoisotopic (exact) mass is 466 g/mol. The number of para-hydroxylation sites is 1. The number of H-pyrrole nitrogens is 1. The molecule has 3 amide bonds. The van der Waals surface area contributed by atoms with E-state index in [0.29, 0.717) is 22.2 Å². The Labute approximate surface area is 192 Å². The van der Waals surface area contributed by atoms with Gasteiger partial charge in [-0.3, -0.25) is 24.5 Å². The number of imide groups is 1. The van der Waals surface area contributed by atoms with E-state index in [0.717, 1.165) is 37.4 Å². The Bertz CT molecular complexity index is 1360. The van der Waals surface area contributed by atoms with Gasteiger partial charge in [-0.2, -0.15) is 0 Å².